The minimum absolute atomic E-state index is 0.0182. The molecule has 2 aromatic heterocycles. The van der Waals surface area contributed by atoms with Gasteiger partial charge in [-0.25, -0.2) is 14.6 Å². The van der Waals surface area contributed by atoms with Gasteiger partial charge < -0.3 is 5.32 Å². The number of fused-ring (bicyclic) bond motifs is 1. The van der Waals surface area contributed by atoms with Crippen molar-refractivity contribution < 1.29 is 4.79 Å². The van der Waals surface area contributed by atoms with E-state index < -0.39 is 0 Å². The number of benzene rings is 2. The predicted molar refractivity (Wildman–Crippen MR) is 119 cm³/mol. The highest BCUT2D eigenvalue weighted by atomic mass is 32.1. The summed E-state index contributed by atoms with van der Waals surface area (Å²) in [5.74, 6) is 0.0182. The van der Waals surface area contributed by atoms with E-state index in [1.807, 2.05) is 42.3 Å². The molecule has 0 bridgehead atoms. The second-order valence-electron chi connectivity index (χ2n) is 7.20. The largest absolute Gasteiger partial charge is 0.355 e. The molecule has 8 heteroatoms. The number of likely N-dealkylation sites (N-methyl/N-ethyl adjacent to an activating group) is 1. The second-order valence-corrected chi connectivity index (χ2v) is 8.31. The Morgan fingerprint density at radius 1 is 1.20 bits per heavy atom. The Labute approximate surface area is 179 Å². The third-order valence-electron chi connectivity index (χ3n) is 5.11. The molecule has 4 aromatic rings. The number of nitrogens with one attached hydrogen (secondary N) is 1. The maximum atomic E-state index is 12.4. The van der Waals surface area contributed by atoms with E-state index in [1.165, 1.54) is 11.0 Å². The van der Waals surface area contributed by atoms with Crippen molar-refractivity contribution >= 4 is 27.5 Å². The fourth-order valence-electron chi connectivity index (χ4n) is 3.26. The van der Waals surface area contributed by atoms with Crippen molar-refractivity contribution in [3.63, 3.8) is 0 Å². The van der Waals surface area contributed by atoms with Crippen molar-refractivity contribution in [2.75, 3.05) is 20.1 Å². The molecule has 30 heavy (non-hydrogen) atoms. The summed E-state index contributed by atoms with van der Waals surface area (Å²) >= 11 is 1.68. The van der Waals surface area contributed by atoms with Crippen LogP contribution in [0.3, 0.4) is 0 Å². The number of rotatable bonds is 8. The van der Waals surface area contributed by atoms with Crippen molar-refractivity contribution in [3.8, 4) is 5.69 Å². The first-order valence-electron chi connectivity index (χ1n) is 9.86. The van der Waals surface area contributed by atoms with Gasteiger partial charge in [-0.05, 0) is 43.8 Å². The van der Waals surface area contributed by atoms with E-state index in [4.69, 9.17) is 0 Å². The molecule has 1 atom stereocenters. The van der Waals surface area contributed by atoms with Gasteiger partial charge in [-0.3, -0.25) is 9.69 Å². The molecule has 0 saturated carbocycles. The van der Waals surface area contributed by atoms with Crippen LogP contribution in [-0.4, -0.2) is 50.7 Å². The molecular weight excluding hydrogens is 396 g/mol. The van der Waals surface area contributed by atoms with Crippen LogP contribution in [0, 0.1) is 0 Å². The van der Waals surface area contributed by atoms with Crippen LogP contribution in [0.2, 0.25) is 0 Å². The van der Waals surface area contributed by atoms with E-state index in [-0.39, 0.29) is 11.9 Å². The molecule has 0 aliphatic heterocycles. The summed E-state index contributed by atoms with van der Waals surface area (Å²) in [6.45, 7) is 3.03. The van der Waals surface area contributed by atoms with Gasteiger partial charge in [0.05, 0.1) is 27.5 Å². The van der Waals surface area contributed by atoms with E-state index in [0.29, 0.717) is 13.1 Å². The summed E-state index contributed by atoms with van der Waals surface area (Å²) in [4.78, 5) is 23.0. The van der Waals surface area contributed by atoms with Gasteiger partial charge in [-0.1, -0.05) is 24.3 Å². The zero-order valence-corrected chi connectivity index (χ0v) is 17.8. The summed E-state index contributed by atoms with van der Waals surface area (Å²) in [5.41, 5.74) is 3.12. The standard InChI is InChI=1S/C22H24N6OS/c1-16(17-7-9-18(10-8-17)28-15-23-14-25-28)27(2)13-21(29)24-12-11-22-26-19-5-3-4-6-20(19)30-22/h3-10,14-16H,11-13H2,1-2H3,(H,24,29). The Kier molecular flexibility index (Phi) is 6.15. The Morgan fingerprint density at radius 3 is 2.73 bits per heavy atom. The molecule has 0 spiro atoms. The van der Waals surface area contributed by atoms with E-state index in [9.17, 15) is 4.79 Å². The van der Waals surface area contributed by atoms with Gasteiger partial charge in [0, 0.05) is 19.0 Å². The van der Waals surface area contributed by atoms with Crippen LogP contribution in [0.5, 0.6) is 0 Å². The van der Waals surface area contributed by atoms with Crippen LogP contribution in [-0.2, 0) is 11.2 Å². The van der Waals surface area contributed by atoms with Gasteiger partial charge in [0.25, 0.3) is 0 Å². The zero-order chi connectivity index (χ0) is 20.9. The lowest BCUT2D eigenvalue weighted by molar-refractivity contribution is -0.122. The zero-order valence-electron chi connectivity index (χ0n) is 17.0. The molecular formula is C22H24N6OS. The van der Waals surface area contributed by atoms with E-state index in [2.05, 4.69) is 45.5 Å². The highest BCUT2D eigenvalue weighted by molar-refractivity contribution is 7.18. The van der Waals surface area contributed by atoms with Crippen LogP contribution < -0.4 is 5.32 Å². The maximum absolute atomic E-state index is 12.4. The number of aromatic nitrogens is 4. The Bertz CT molecular complexity index is 1070. The number of nitrogens with zero attached hydrogens (tertiary/aromatic N) is 5. The second kappa shape index (κ2) is 9.15. The van der Waals surface area contributed by atoms with Gasteiger partial charge >= 0.3 is 0 Å². The topological polar surface area (TPSA) is 75.9 Å². The fourth-order valence-corrected chi connectivity index (χ4v) is 4.22. The molecule has 1 unspecified atom stereocenters. The van der Waals surface area contributed by atoms with E-state index in [1.54, 1.807) is 22.3 Å². The maximum Gasteiger partial charge on any atom is 0.234 e. The minimum atomic E-state index is 0.0182. The molecule has 7 nitrogen and oxygen atoms in total. The molecule has 1 N–H and O–H groups in total. The van der Waals surface area contributed by atoms with Gasteiger partial charge in [-0.2, -0.15) is 5.10 Å². The number of para-hydroxylation sites is 1. The molecule has 0 radical (unpaired) electrons. The lowest BCUT2D eigenvalue weighted by Crippen LogP contribution is -2.37. The number of carbonyl (C=O) groups excluding carboxylic acids is 1. The van der Waals surface area contributed by atoms with Crippen molar-refractivity contribution in [2.45, 2.75) is 19.4 Å². The van der Waals surface area contributed by atoms with E-state index in [0.717, 1.165) is 28.2 Å². The minimum Gasteiger partial charge on any atom is -0.355 e. The van der Waals surface area contributed by atoms with Gasteiger partial charge in [0.2, 0.25) is 5.91 Å². The molecule has 0 saturated heterocycles. The quantitative estimate of drug-likeness (QED) is 0.474. The highest BCUT2D eigenvalue weighted by Gasteiger charge is 2.15. The normalized spacial score (nSPS) is 12.4. The van der Waals surface area contributed by atoms with Crippen molar-refractivity contribution in [1.29, 1.82) is 0 Å². The van der Waals surface area contributed by atoms with Crippen LogP contribution in [0.1, 0.15) is 23.5 Å². The van der Waals surface area contributed by atoms with Crippen LogP contribution in [0.25, 0.3) is 15.9 Å². The third kappa shape index (κ3) is 4.72. The van der Waals surface area contributed by atoms with Gasteiger partial charge in [-0.15, -0.1) is 11.3 Å². The number of carbonyl (C=O) groups is 1. The third-order valence-corrected chi connectivity index (χ3v) is 6.21. The molecule has 0 fully saturated rings. The van der Waals surface area contributed by atoms with Crippen molar-refractivity contribution in [3.05, 3.63) is 71.8 Å². The first kappa shape index (κ1) is 20.2. The molecule has 2 heterocycles. The monoisotopic (exact) mass is 420 g/mol. The lowest BCUT2D eigenvalue weighted by Gasteiger charge is -2.24. The molecule has 1 amide bonds. The predicted octanol–water partition coefficient (Wildman–Crippen LogP) is 3.23. The molecule has 154 valence electrons. The summed E-state index contributed by atoms with van der Waals surface area (Å²) in [7, 11) is 1.96. The summed E-state index contributed by atoms with van der Waals surface area (Å²) in [6, 6.07) is 16.3. The Morgan fingerprint density at radius 2 is 2.00 bits per heavy atom. The fraction of sp³-hybridized carbons (Fsp3) is 0.273. The number of hydrogen-bond donors (Lipinski definition) is 1. The smallest absolute Gasteiger partial charge is 0.234 e. The van der Waals surface area contributed by atoms with Crippen LogP contribution in [0.4, 0.5) is 0 Å². The first-order valence-corrected chi connectivity index (χ1v) is 10.7. The summed E-state index contributed by atoms with van der Waals surface area (Å²) < 4.78 is 2.90. The van der Waals surface area contributed by atoms with Crippen LogP contribution in [0.15, 0.2) is 61.2 Å². The first-order chi connectivity index (χ1) is 14.6. The van der Waals surface area contributed by atoms with Gasteiger partial charge in [0.15, 0.2) is 0 Å². The number of amides is 1. The number of thiazole rings is 1. The summed E-state index contributed by atoms with van der Waals surface area (Å²) in [6.07, 6.45) is 3.93. The molecule has 0 aliphatic rings. The molecule has 2 aromatic carbocycles. The SMILES string of the molecule is CC(c1ccc(-n2cncn2)cc1)N(C)CC(=O)NCCc1nc2ccccc2s1. The van der Waals surface area contributed by atoms with Crippen molar-refractivity contribution in [1.82, 2.24) is 30.0 Å². The lowest BCUT2D eigenvalue weighted by atomic mass is 10.1. The highest BCUT2D eigenvalue weighted by Crippen LogP contribution is 2.22. The Balaban J connectivity index is 1.26. The Hall–Kier alpha value is -3.10. The summed E-state index contributed by atoms with van der Waals surface area (Å²) in [5, 5.41) is 8.19. The average molecular weight is 421 g/mol. The van der Waals surface area contributed by atoms with Crippen LogP contribution >= 0.6 is 11.3 Å². The van der Waals surface area contributed by atoms with Crippen molar-refractivity contribution in [2.24, 2.45) is 0 Å². The average Bonchev–Trinajstić information content (AvgIpc) is 3.43. The molecule has 0 aliphatic carbocycles. The number of hydrogen-bond acceptors (Lipinski definition) is 6. The van der Waals surface area contributed by atoms with Gasteiger partial charge in [0.1, 0.15) is 12.7 Å². The molecule has 4 rings (SSSR count). The van der Waals surface area contributed by atoms with E-state index >= 15 is 0 Å².